The molecule has 6 heteroatoms. The first-order chi connectivity index (χ1) is 8.72. The summed E-state index contributed by atoms with van der Waals surface area (Å²) in [7, 11) is 0. The number of benzene rings is 1. The van der Waals surface area contributed by atoms with Crippen molar-refractivity contribution in [3.8, 4) is 11.1 Å². The average molecular weight is 243 g/mol. The summed E-state index contributed by atoms with van der Waals surface area (Å²) in [5, 5.41) is 0.944. The Kier molecular flexibility index (Phi) is 3.52. The highest BCUT2D eigenvalue weighted by atomic mass is 16.2. The Bertz CT molecular complexity index is 543. The number of pyridine rings is 1. The van der Waals surface area contributed by atoms with Gasteiger partial charge >= 0.3 is 6.03 Å². The van der Waals surface area contributed by atoms with Crippen LogP contribution in [0.2, 0.25) is 0 Å². The first-order valence-corrected chi connectivity index (χ1v) is 5.28. The second kappa shape index (κ2) is 5.26. The molecule has 0 spiro atoms. The monoisotopic (exact) mass is 243 g/mol. The number of nitrogens with zero attached hydrogens (tertiary/aromatic N) is 2. The minimum Gasteiger partial charge on any atom is -0.274 e. The van der Waals surface area contributed by atoms with Crippen molar-refractivity contribution in [2.24, 2.45) is 11.7 Å². The van der Waals surface area contributed by atoms with Crippen LogP contribution in [-0.2, 0) is 0 Å². The van der Waals surface area contributed by atoms with Gasteiger partial charge in [-0.1, -0.05) is 18.2 Å². The standard InChI is InChI=1S/C12H13N5O/c13-16-12(18)17(14)11-5-1-3-9(7-11)10-4-2-6-15-8-10/h1-8H,13-14H2,(H,16,18). The van der Waals surface area contributed by atoms with Crippen molar-refractivity contribution in [3.63, 3.8) is 0 Å². The molecule has 6 nitrogen and oxygen atoms in total. The second-order valence-corrected chi connectivity index (χ2v) is 3.61. The average Bonchev–Trinajstić information content (AvgIpc) is 2.46. The molecule has 0 saturated carbocycles. The number of nitrogens with two attached hydrogens (primary N) is 2. The third-order valence-electron chi connectivity index (χ3n) is 2.46. The molecule has 2 rings (SSSR count). The molecule has 1 aromatic carbocycles. The summed E-state index contributed by atoms with van der Waals surface area (Å²) in [6, 6.07) is 10.4. The Morgan fingerprint density at radius 3 is 2.67 bits per heavy atom. The molecule has 2 amide bonds. The fourth-order valence-corrected chi connectivity index (χ4v) is 1.56. The molecule has 92 valence electrons. The summed E-state index contributed by atoms with van der Waals surface area (Å²) in [5.74, 6) is 10.6. The number of carbonyl (C=O) groups excluding carboxylic acids is 1. The lowest BCUT2D eigenvalue weighted by Crippen LogP contribution is -2.47. The Morgan fingerprint density at radius 1 is 1.22 bits per heavy atom. The van der Waals surface area contributed by atoms with Gasteiger partial charge in [-0.3, -0.25) is 10.4 Å². The number of hydrogen-bond acceptors (Lipinski definition) is 4. The van der Waals surface area contributed by atoms with Gasteiger partial charge in [0.25, 0.3) is 0 Å². The number of anilines is 1. The van der Waals surface area contributed by atoms with E-state index < -0.39 is 6.03 Å². The van der Waals surface area contributed by atoms with E-state index in [1.807, 2.05) is 23.6 Å². The SMILES string of the molecule is NNC(=O)N(N)c1cccc(-c2cccnc2)c1. The number of urea groups is 1. The molecule has 0 aliphatic rings. The van der Waals surface area contributed by atoms with Crippen LogP contribution in [0.4, 0.5) is 10.5 Å². The predicted molar refractivity (Wildman–Crippen MR) is 69.1 cm³/mol. The van der Waals surface area contributed by atoms with Gasteiger partial charge in [0, 0.05) is 18.0 Å². The topological polar surface area (TPSA) is 97.3 Å². The van der Waals surface area contributed by atoms with E-state index in [9.17, 15) is 4.79 Å². The van der Waals surface area contributed by atoms with Gasteiger partial charge in [-0.2, -0.15) is 0 Å². The van der Waals surface area contributed by atoms with Crippen molar-refractivity contribution in [1.82, 2.24) is 10.4 Å². The van der Waals surface area contributed by atoms with Gasteiger partial charge in [-0.05, 0) is 23.8 Å². The quantitative estimate of drug-likeness (QED) is 0.416. The van der Waals surface area contributed by atoms with Gasteiger partial charge in [-0.15, -0.1) is 0 Å². The molecule has 0 unspecified atom stereocenters. The van der Waals surface area contributed by atoms with Gasteiger partial charge < -0.3 is 0 Å². The third-order valence-corrected chi connectivity index (χ3v) is 2.46. The summed E-state index contributed by atoms with van der Waals surface area (Å²) in [5.41, 5.74) is 4.38. The molecular weight excluding hydrogens is 230 g/mol. The lowest BCUT2D eigenvalue weighted by molar-refractivity contribution is 0.246. The molecule has 2 aromatic rings. The van der Waals surface area contributed by atoms with Crippen LogP contribution in [0.15, 0.2) is 48.8 Å². The lowest BCUT2D eigenvalue weighted by atomic mass is 10.1. The van der Waals surface area contributed by atoms with E-state index in [-0.39, 0.29) is 0 Å². The maximum atomic E-state index is 11.3. The van der Waals surface area contributed by atoms with E-state index in [1.54, 1.807) is 30.6 Å². The maximum Gasteiger partial charge on any atom is 0.350 e. The summed E-state index contributed by atoms with van der Waals surface area (Å²) >= 11 is 0. The molecule has 0 radical (unpaired) electrons. The number of nitrogens with one attached hydrogen (secondary N) is 1. The van der Waals surface area contributed by atoms with Crippen molar-refractivity contribution in [3.05, 3.63) is 48.8 Å². The van der Waals surface area contributed by atoms with Crippen LogP contribution in [0.3, 0.4) is 0 Å². The first kappa shape index (κ1) is 12.0. The zero-order valence-electron chi connectivity index (χ0n) is 9.58. The minimum absolute atomic E-state index is 0.541. The van der Waals surface area contributed by atoms with Gasteiger partial charge in [-0.25, -0.2) is 21.5 Å². The molecule has 1 heterocycles. The molecule has 1 aromatic heterocycles. The minimum atomic E-state index is -0.585. The summed E-state index contributed by atoms with van der Waals surface area (Å²) in [6.45, 7) is 0. The molecule has 0 fully saturated rings. The first-order valence-electron chi connectivity index (χ1n) is 5.28. The predicted octanol–water partition coefficient (Wildman–Crippen LogP) is 1.01. The Balaban J connectivity index is 2.34. The summed E-state index contributed by atoms with van der Waals surface area (Å²) in [6.07, 6.45) is 3.44. The van der Waals surface area contributed by atoms with Crippen molar-refractivity contribution in [2.45, 2.75) is 0 Å². The van der Waals surface area contributed by atoms with Crippen molar-refractivity contribution in [1.29, 1.82) is 0 Å². The third kappa shape index (κ3) is 2.45. The van der Waals surface area contributed by atoms with Crippen LogP contribution >= 0.6 is 0 Å². The molecule has 0 atom stereocenters. The van der Waals surface area contributed by atoms with Gasteiger partial charge in [0.2, 0.25) is 0 Å². The van der Waals surface area contributed by atoms with E-state index >= 15 is 0 Å². The molecule has 18 heavy (non-hydrogen) atoms. The zero-order chi connectivity index (χ0) is 13.0. The normalized spacial score (nSPS) is 9.89. The van der Waals surface area contributed by atoms with Crippen LogP contribution in [-0.4, -0.2) is 11.0 Å². The van der Waals surface area contributed by atoms with Crippen molar-refractivity contribution >= 4 is 11.7 Å². The number of hydrogen-bond donors (Lipinski definition) is 3. The van der Waals surface area contributed by atoms with Crippen molar-refractivity contribution < 1.29 is 4.79 Å². The molecule has 0 aliphatic heterocycles. The van der Waals surface area contributed by atoms with Gasteiger partial charge in [0.05, 0.1) is 5.69 Å². The van der Waals surface area contributed by atoms with Gasteiger partial charge in [0.15, 0.2) is 0 Å². The fourth-order valence-electron chi connectivity index (χ4n) is 1.56. The molecular formula is C12H13N5O. The van der Waals surface area contributed by atoms with Crippen LogP contribution in [0, 0.1) is 0 Å². The number of amides is 2. The molecule has 5 N–H and O–H groups in total. The summed E-state index contributed by atoms with van der Waals surface area (Å²) in [4.78, 5) is 15.4. The molecule has 0 saturated heterocycles. The Labute approximate surface area is 104 Å². The van der Waals surface area contributed by atoms with Gasteiger partial charge in [0.1, 0.15) is 0 Å². The van der Waals surface area contributed by atoms with E-state index in [4.69, 9.17) is 11.7 Å². The highest BCUT2D eigenvalue weighted by Crippen LogP contribution is 2.22. The second-order valence-electron chi connectivity index (χ2n) is 3.61. The van der Waals surface area contributed by atoms with Crippen LogP contribution in [0.5, 0.6) is 0 Å². The van der Waals surface area contributed by atoms with Crippen LogP contribution < -0.4 is 22.1 Å². The van der Waals surface area contributed by atoms with E-state index in [2.05, 4.69) is 4.98 Å². The lowest BCUT2D eigenvalue weighted by Gasteiger charge is -2.16. The number of hydrazine groups is 2. The van der Waals surface area contributed by atoms with Crippen molar-refractivity contribution in [2.75, 3.05) is 5.01 Å². The number of rotatable bonds is 2. The van der Waals surface area contributed by atoms with E-state index in [1.165, 1.54) is 0 Å². The maximum absolute atomic E-state index is 11.3. The number of aromatic nitrogens is 1. The largest absolute Gasteiger partial charge is 0.350 e. The molecule has 0 aliphatic carbocycles. The summed E-state index contributed by atoms with van der Waals surface area (Å²) < 4.78 is 0. The highest BCUT2D eigenvalue weighted by molar-refractivity contribution is 5.91. The van der Waals surface area contributed by atoms with E-state index in [0.717, 1.165) is 16.1 Å². The zero-order valence-corrected chi connectivity index (χ0v) is 9.58. The fraction of sp³-hybridized carbons (Fsp3) is 0. The Hall–Kier alpha value is -2.44. The molecule has 0 bridgehead atoms. The highest BCUT2D eigenvalue weighted by Gasteiger charge is 2.10. The number of carbonyl (C=O) groups is 1. The van der Waals surface area contributed by atoms with E-state index in [0.29, 0.717) is 5.69 Å². The van der Waals surface area contributed by atoms with Crippen LogP contribution in [0.1, 0.15) is 0 Å². The van der Waals surface area contributed by atoms with Crippen LogP contribution in [0.25, 0.3) is 11.1 Å². The Morgan fingerprint density at radius 2 is 2.00 bits per heavy atom. The smallest absolute Gasteiger partial charge is 0.274 e.